The van der Waals surface area contributed by atoms with Crippen LogP contribution in [0.25, 0.3) is 0 Å². The summed E-state index contributed by atoms with van der Waals surface area (Å²) in [7, 11) is 0. The van der Waals surface area contributed by atoms with Gasteiger partial charge in [0.1, 0.15) is 18.0 Å². The van der Waals surface area contributed by atoms with Gasteiger partial charge in [0.15, 0.2) is 0 Å². The van der Waals surface area contributed by atoms with E-state index in [2.05, 4.69) is 32.8 Å². The lowest BCUT2D eigenvalue weighted by Gasteiger charge is -2.36. The molecular weight excluding hydrogens is 252 g/mol. The molecule has 0 aromatic carbocycles. The fraction of sp³-hybridized carbons (Fsp3) is 0.733. The predicted molar refractivity (Wildman–Crippen MR) is 80.3 cm³/mol. The lowest BCUT2D eigenvalue weighted by atomic mass is 10.00. The molecule has 2 aliphatic rings. The third kappa shape index (κ3) is 2.87. The van der Waals surface area contributed by atoms with E-state index in [0.717, 1.165) is 44.5 Å². The Morgan fingerprint density at radius 2 is 1.95 bits per heavy atom. The number of hydrogen-bond acceptors (Lipinski definition) is 5. The van der Waals surface area contributed by atoms with Crippen molar-refractivity contribution in [1.82, 2.24) is 9.97 Å². The summed E-state index contributed by atoms with van der Waals surface area (Å²) >= 11 is 0. The zero-order valence-corrected chi connectivity index (χ0v) is 12.3. The summed E-state index contributed by atoms with van der Waals surface area (Å²) in [4.78, 5) is 13.7. The number of aromatic nitrogens is 2. The molecule has 110 valence electrons. The van der Waals surface area contributed by atoms with Gasteiger partial charge < -0.3 is 14.5 Å². The molecule has 2 aliphatic heterocycles. The van der Waals surface area contributed by atoms with Gasteiger partial charge >= 0.3 is 0 Å². The molecule has 1 unspecified atom stereocenters. The predicted octanol–water partition coefficient (Wildman–Crippen LogP) is 2.08. The first-order valence-electron chi connectivity index (χ1n) is 7.80. The SMILES string of the molecule is CCC1CCCCN1c1cc(N2CCOCC2)ncn1. The standard InChI is InChI=1S/C15H24N4O/c1-2-13-5-3-4-6-19(13)15-11-14(16-12-17-15)18-7-9-20-10-8-18/h11-13H,2-10H2,1H3. The average molecular weight is 276 g/mol. The van der Waals surface area contributed by atoms with Crippen molar-refractivity contribution in [2.24, 2.45) is 0 Å². The van der Waals surface area contributed by atoms with E-state index in [1.807, 2.05) is 0 Å². The highest BCUT2D eigenvalue weighted by Crippen LogP contribution is 2.26. The molecule has 2 saturated heterocycles. The third-order valence-corrected chi connectivity index (χ3v) is 4.37. The Kier molecular flexibility index (Phi) is 4.35. The Morgan fingerprint density at radius 1 is 1.15 bits per heavy atom. The molecule has 0 saturated carbocycles. The summed E-state index contributed by atoms with van der Waals surface area (Å²) in [5.74, 6) is 2.13. The smallest absolute Gasteiger partial charge is 0.134 e. The minimum absolute atomic E-state index is 0.635. The van der Waals surface area contributed by atoms with Crippen LogP contribution in [0.1, 0.15) is 32.6 Å². The maximum atomic E-state index is 5.41. The number of piperidine rings is 1. The molecule has 0 spiro atoms. The fourth-order valence-electron chi connectivity index (χ4n) is 3.19. The van der Waals surface area contributed by atoms with E-state index >= 15 is 0 Å². The van der Waals surface area contributed by atoms with Gasteiger partial charge in [0.25, 0.3) is 0 Å². The fourth-order valence-corrected chi connectivity index (χ4v) is 3.19. The maximum Gasteiger partial charge on any atom is 0.134 e. The zero-order valence-electron chi connectivity index (χ0n) is 12.3. The van der Waals surface area contributed by atoms with E-state index in [0.29, 0.717) is 6.04 Å². The summed E-state index contributed by atoms with van der Waals surface area (Å²) in [5, 5.41) is 0. The molecular formula is C15H24N4O. The summed E-state index contributed by atoms with van der Waals surface area (Å²) < 4.78 is 5.41. The average Bonchev–Trinajstić information content (AvgIpc) is 2.56. The van der Waals surface area contributed by atoms with Gasteiger partial charge in [0, 0.05) is 31.7 Å². The highest BCUT2D eigenvalue weighted by atomic mass is 16.5. The Bertz CT molecular complexity index is 434. The normalized spacial score (nSPS) is 23.9. The maximum absolute atomic E-state index is 5.41. The topological polar surface area (TPSA) is 41.5 Å². The molecule has 3 rings (SSSR count). The first-order chi connectivity index (χ1) is 9.88. The van der Waals surface area contributed by atoms with E-state index in [-0.39, 0.29) is 0 Å². The molecule has 0 bridgehead atoms. The van der Waals surface area contributed by atoms with Crippen LogP contribution >= 0.6 is 0 Å². The zero-order chi connectivity index (χ0) is 13.8. The van der Waals surface area contributed by atoms with Crippen LogP contribution < -0.4 is 9.80 Å². The summed E-state index contributed by atoms with van der Waals surface area (Å²) in [6.45, 7) is 6.83. The van der Waals surface area contributed by atoms with Crippen molar-refractivity contribution in [2.45, 2.75) is 38.6 Å². The van der Waals surface area contributed by atoms with Gasteiger partial charge in [0.05, 0.1) is 13.2 Å². The third-order valence-electron chi connectivity index (χ3n) is 4.37. The molecule has 20 heavy (non-hydrogen) atoms. The van der Waals surface area contributed by atoms with Gasteiger partial charge in [-0.15, -0.1) is 0 Å². The van der Waals surface area contributed by atoms with Crippen molar-refractivity contribution < 1.29 is 4.74 Å². The van der Waals surface area contributed by atoms with Gasteiger partial charge in [-0.1, -0.05) is 6.92 Å². The summed E-state index contributed by atoms with van der Waals surface area (Å²) in [6, 6.07) is 2.79. The van der Waals surface area contributed by atoms with E-state index in [4.69, 9.17) is 4.74 Å². The van der Waals surface area contributed by atoms with Crippen molar-refractivity contribution >= 4 is 11.6 Å². The molecule has 0 N–H and O–H groups in total. The van der Waals surface area contributed by atoms with Crippen molar-refractivity contribution in [3.63, 3.8) is 0 Å². The largest absolute Gasteiger partial charge is 0.378 e. The van der Waals surface area contributed by atoms with Crippen molar-refractivity contribution in [2.75, 3.05) is 42.6 Å². The lowest BCUT2D eigenvalue weighted by molar-refractivity contribution is 0.122. The molecule has 0 radical (unpaired) electrons. The highest BCUT2D eigenvalue weighted by molar-refractivity contribution is 5.51. The number of anilines is 2. The molecule has 1 atom stereocenters. The van der Waals surface area contributed by atoms with Crippen LogP contribution in [0, 0.1) is 0 Å². The minimum atomic E-state index is 0.635. The van der Waals surface area contributed by atoms with Gasteiger partial charge in [-0.3, -0.25) is 0 Å². The summed E-state index contributed by atoms with van der Waals surface area (Å²) in [6.07, 6.45) is 6.80. The van der Waals surface area contributed by atoms with Gasteiger partial charge in [-0.25, -0.2) is 9.97 Å². The van der Waals surface area contributed by atoms with Crippen molar-refractivity contribution in [3.05, 3.63) is 12.4 Å². The van der Waals surface area contributed by atoms with Gasteiger partial charge in [-0.05, 0) is 25.7 Å². The first-order valence-corrected chi connectivity index (χ1v) is 7.80. The Balaban J connectivity index is 1.79. The first kappa shape index (κ1) is 13.6. The second-order valence-electron chi connectivity index (χ2n) is 5.59. The van der Waals surface area contributed by atoms with E-state index < -0.39 is 0 Å². The van der Waals surface area contributed by atoms with E-state index in [1.54, 1.807) is 6.33 Å². The number of rotatable bonds is 3. The van der Waals surface area contributed by atoms with Crippen LogP contribution in [0.4, 0.5) is 11.6 Å². The Labute approximate surface area is 121 Å². The van der Waals surface area contributed by atoms with Crippen LogP contribution in [0.5, 0.6) is 0 Å². The van der Waals surface area contributed by atoms with Gasteiger partial charge in [0.2, 0.25) is 0 Å². The Morgan fingerprint density at radius 3 is 2.75 bits per heavy atom. The van der Waals surface area contributed by atoms with Gasteiger partial charge in [-0.2, -0.15) is 0 Å². The van der Waals surface area contributed by atoms with Crippen molar-refractivity contribution in [1.29, 1.82) is 0 Å². The molecule has 1 aromatic rings. The lowest BCUT2D eigenvalue weighted by Crippen LogP contribution is -2.40. The monoisotopic (exact) mass is 276 g/mol. The Hall–Kier alpha value is -1.36. The molecule has 0 amide bonds. The van der Waals surface area contributed by atoms with E-state index in [1.165, 1.54) is 25.7 Å². The van der Waals surface area contributed by atoms with Crippen LogP contribution in [-0.4, -0.2) is 48.9 Å². The summed E-state index contributed by atoms with van der Waals surface area (Å²) in [5.41, 5.74) is 0. The second-order valence-corrected chi connectivity index (χ2v) is 5.59. The van der Waals surface area contributed by atoms with Crippen LogP contribution in [-0.2, 0) is 4.74 Å². The molecule has 5 heteroatoms. The number of morpholine rings is 1. The number of ether oxygens (including phenoxy) is 1. The molecule has 0 aliphatic carbocycles. The second kappa shape index (κ2) is 6.39. The van der Waals surface area contributed by atoms with Crippen LogP contribution in [0.2, 0.25) is 0 Å². The highest BCUT2D eigenvalue weighted by Gasteiger charge is 2.23. The molecule has 5 nitrogen and oxygen atoms in total. The quantitative estimate of drug-likeness (QED) is 0.845. The molecule has 2 fully saturated rings. The number of nitrogens with zero attached hydrogens (tertiary/aromatic N) is 4. The minimum Gasteiger partial charge on any atom is -0.378 e. The number of hydrogen-bond donors (Lipinski definition) is 0. The van der Waals surface area contributed by atoms with E-state index in [9.17, 15) is 0 Å². The van der Waals surface area contributed by atoms with Crippen molar-refractivity contribution in [3.8, 4) is 0 Å². The van der Waals surface area contributed by atoms with Crippen LogP contribution in [0.3, 0.4) is 0 Å². The van der Waals surface area contributed by atoms with Crippen LogP contribution in [0.15, 0.2) is 12.4 Å². The molecule has 3 heterocycles. The molecule has 1 aromatic heterocycles.